The largest absolute Gasteiger partial charge is 0.351 e. The Morgan fingerprint density at radius 1 is 1.50 bits per heavy atom. The lowest BCUT2D eigenvalue weighted by molar-refractivity contribution is -0.122. The number of halogens is 1. The third kappa shape index (κ3) is 3.80. The number of hydrogen-bond acceptors (Lipinski definition) is 2. The molecule has 1 saturated carbocycles. The molecule has 14 heavy (non-hydrogen) atoms. The highest BCUT2D eigenvalue weighted by atomic mass is 79.9. The van der Waals surface area contributed by atoms with Gasteiger partial charge in [0, 0.05) is 23.0 Å². The normalized spacial score (nSPS) is 19.3. The van der Waals surface area contributed by atoms with Crippen molar-refractivity contribution in [3.63, 3.8) is 0 Å². The summed E-state index contributed by atoms with van der Waals surface area (Å²) in [6.07, 6.45) is 4.67. The molecule has 1 aliphatic rings. The summed E-state index contributed by atoms with van der Waals surface area (Å²) < 4.78 is 0.781. The molecule has 0 aromatic rings. The van der Waals surface area contributed by atoms with Gasteiger partial charge in [-0.15, -0.1) is 0 Å². The van der Waals surface area contributed by atoms with E-state index in [4.69, 9.17) is 5.73 Å². The minimum atomic E-state index is -0.252. The van der Waals surface area contributed by atoms with E-state index in [1.54, 1.807) is 0 Å². The summed E-state index contributed by atoms with van der Waals surface area (Å²) >= 11 is 3.19. The highest BCUT2D eigenvalue weighted by Crippen LogP contribution is 2.29. The van der Waals surface area contributed by atoms with Crippen LogP contribution in [0.5, 0.6) is 0 Å². The maximum Gasteiger partial charge on any atom is 0.222 e. The zero-order chi connectivity index (χ0) is 10.6. The Bertz CT molecular complexity index is 234. The quantitative estimate of drug-likeness (QED) is 0.808. The summed E-state index contributed by atoms with van der Waals surface area (Å²) in [7, 11) is 0. The van der Waals surface area contributed by atoms with Gasteiger partial charge in [-0.05, 0) is 12.8 Å². The Labute approximate surface area is 93.2 Å². The zero-order valence-corrected chi connectivity index (χ0v) is 9.90. The molecule has 0 aromatic carbocycles. The first-order valence-corrected chi connectivity index (χ1v) is 5.70. The lowest BCUT2D eigenvalue weighted by Gasteiger charge is -2.22. The van der Waals surface area contributed by atoms with E-state index in [2.05, 4.69) is 27.8 Å². The van der Waals surface area contributed by atoms with Crippen molar-refractivity contribution in [3.8, 4) is 0 Å². The first kappa shape index (κ1) is 11.7. The van der Waals surface area contributed by atoms with Crippen LogP contribution in [0.1, 0.15) is 32.1 Å². The number of rotatable bonds is 4. The first-order valence-electron chi connectivity index (χ1n) is 4.91. The van der Waals surface area contributed by atoms with Crippen molar-refractivity contribution in [1.29, 1.82) is 0 Å². The standard InChI is InChI=1S/C10H17BrN2O/c1-8(11)7-13-9(14)6-10(12)4-2-3-5-10/h1-7,12H2,(H,13,14). The second-order valence-corrected chi connectivity index (χ2v) is 5.16. The monoisotopic (exact) mass is 260 g/mol. The molecular weight excluding hydrogens is 244 g/mol. The van der Waals surface area contributed by atoms with Crippen molar-refractivity contribution in [3.05, 3.63) is 11.1 Å². The highest BCUT2D eigenvalue weighted by Gasteiger charge is 2.31. The van der Waals surface area contributed by atoms with Gasteiger partial charge in [0.15, 0.2) is 0 Å². The molecule has 0 atom stereocenters. The number of nitrogens with two attached hydrogens (primary N) is 1. The van der Waals surface area contributed by atoms with E-state index in [0.29, 0.717) is 13.0 Å². The molecule has 1 aliphatic carbocycles. The smallest absolute Gasteiger partial charge is 0.222 e. The Morgan fingerprint density at radius 2 is 2.07 bits per heavy atom. The summed E-state index contributed by atoms with van der Waals surface area (Å²) in [6, 6.07) is 0. The van der Waals surface area contributed by atoms with Crippen LogP contribution in [0.4, 0.5) is 0 Å². The van der Waals surface area contributed by atoms with E-state index in [0.717, 1.165) is 30.2 Å². The molecule has 4 heteroatoms. The Hall–Kier alpha value is -0.350. The van der Waals surface area contributed by atoms with Gasteiger partial charge in [-0.2, -0.15) is 0 Å². The van der Waals surface area contributed by atoms with Gasteiger partial charge in [0.1, 0.15) is 0 Å². The molecule has 1 amide bonds. The van der Waals surface area contributed by atoms with Crippen LogP contribution in [0.25, 0.3) is 0 Å². The van der Waals surface area contributed by atoms with Crippen LogP contribution in [0.3, 0.4) is 0 Å². The molecule has 0 radical (unpaired) electrons. The van der Waals surface area contributed by atoms with Gasteiger partial charge >= 0.3 is 0 Å². The fraction of sp³-hybridized carbons (Fsp3) is 0.700. The zero-order valence-electron chi connectivity index (χ0n) is 8.31. The minimum Gasteiger partial charge on any atom is -0.351 e. The summed E-state index contributed by atoms with van der Waals surface area (Å²) in [5.74, 6) is 0.0231. The van der Waals surface area contributed by atoms with E-state index in [-0.39, 0.29) is 11.4 Å². The van der Waals surface area contributed by atoms with Crippen molar-refractivity contribution in [2.45, 2.75) is 37.6 Å². The van der Waals surface area contributed by atoms with Crippen molar-refractivity contribution in [2.75, 3.05) is 6.54 Å². The molecular formula is C10H17BrN2O. The molecule has 0 bridgehead atoms. The van der Waals surface area contributed by atoms with Gasteiger partial charge in [0.2, 0.25) is 5.91 Å². The minimum absolute atomic E-state index is 0.0231. The Morgan fingerprint density at radius 3 is 2.57 bits per heavy atom. The predicted molar refractivity (Wildman–Crippen MR) is 61.1 cm³/mol. The van der Waals surface area contributed by atoms with Crippen LogP contribution in [0.15, 0.2) is 11.1 Å². The summed E-state index contributed by atoms with van der Waals surface area (Å²) in [5.41, 5.74) is 5.82. The van der Waals surface area contributed by atoms with E-state index >= 15 is 0 Å². The van der Waals surface area contributed by atoms with Crippen LogP contribution in [0.2, 0.25) is 0 Å². The maximum absolute atomic E-state index is 11.5. The van der Waals surface area contributed by atoms with E-state index in [9.17, 15) is 4.79 Å². The second-order valence-electron chi connectivity index (χ2n) is 4.04. The second kappa shape index (κ2) is 4.94. The SMILES string of the molecule is C=C(Br)CNC(=O)CC1(N)CCCC1. The number of hydrogen-bond donors (Lipinski definition) is 2. The third-order valence-electron chi connectivity index (χ3n) is 2.59. The number of carbonyl (C=O) groups is 1. The van der Waals surface area contributed by atoms with Gasteiger partial charge in [-0.3, -0.25) is 4.79 Å². The van der Waals surface area contributed by atoms with Crippen LogP contribution < -0.4 is 11.1 Å². The van der Waals surface area contributed by atoms with Crippen molar-refractivity contribution >= 4 is 21.8 Å². The number of carbonyl (C=O) groups excluding carboxylic acids is 1. The van der Waals surface area contributed by atoms with Crippen LogP contribution in [-0.2, 0) is 4.79 Å². The van der Waals surface area contributed by atoms with E-state index in [1.807, 2.05) is 0 Å². The third-order valence-corrected chi connectivity index (χ3v) is 2.87. The van der Waals surface area contributed by atoms with E-state index < -0.39 is 0 Å². The van der Waals surface area contributed by atoms with Crippen molar-refractivity contribution in [1.82, 2.24) is 5.32 Å². The van der Waals surface area contributed by atoms with Gasteiger partial charge in [-0.1, -0.05) is 35.4 Å². The average Bonchev–Trinajstić information content (AvgIpc) is 2.48. The lowest BCUT2D eigenvalue weighted by atomic mass is 9.94. The fourth-order valence-electron chi connectivity index (χ4n) is 1.83. The molecule has 3 N–H and O–H groups in total. The maximum atomic E-state index is 11.5. The molecule has 80 valence electrons. The Balaban J connectivity index is 2.29. The number of nitrogens with one attached hydrogen (secondary N) is 1. The summed E-state index contributed by atoms with van der Waals surface area (Å²) in [5, 5.41) is 2.77. The topological polar surface area (TPSA) is 55.1 Å². The van der Waals surface area contributed by atoms with Crippen molar-refractivity contribution in [2.24, 2.45) is 5.73 Å². The molecule has 0 unspecified atom stereocenters. The highest BCUT2D eigenvalue weighted by molar-refractivity contribution is 9.11. The van der Waals surface area contributed by atoms with Crippen LogP contribution in [-0.4, -0.2) is 18.0 Å². The van der Waals surface area contributed by atoms with Gasteiger partial charge in [0.05, 0.1) is 0 Å². The van der Waals surface area contributed by atoms with Crippen LogP contribution in [0, 0.1) is 0 Å². The molecule has 1 fully saturated rings. The first-order chi connectivity index (χ1) is 6.52. The lowest BCUT2D eigenvalue weighted by Crippen LogP contribution is -2.42. The van der Waals surface area contributed by atoms with Gasteiger partial charge in [0.25, 0.3) is 0 Å². The predicted octanol–water partition coefficient (Wildman–Crippen LogP) is 1.67. The Kier molecular flexibility index (Phi) is 4.13. The molecule has 0 spiro atoms. The number of amides is 1. The summed E-state index contributed by atoms with van der Waals surface area (Å²) in [6.45, 7) is 4.13. The molecule has 0 aromatic heterocycles. The van der Waals surface area contributed by atoms with Gasteiger partial charge < -0.3 is 11.1 Å². The molecule has 0 aliphatic heterocycles. The molecule has 0 heterocycles. The average molecular weight is 261 g/mol. The van der Waals surface area contributed by atoms with E-state index in [1.165, 1.54) is 0 Å². The fourth-order valence-corrected chi connectivity index (χ4v) is 1.97. The molecule has 0 saturated heterocycles. The summed E-state index contributed by atoms with van der Waals surface area (Å²) in [4.78, 5) is 11.5. The van der Waals surface area contributed by atoms with Gasteiger partial charge in [-0.25, -0.2) is 0 Å². The molecule has 3 nitrogen and oxygen atoms in total. The van der Waals surface area contributed by atoms with Crippen molar-refractivity contribution < 1.29 is 4.79 Å². The van der Waals surface area contributed by atoms with Crippen LogP contribution >= 0.6 is 15.9 Å². The molecule has 1 rings (SSSR count).